The molecule has 1 unspecified atom stereocenters. The molecule has 0 saturated heterocycles. The molecule has 0 aliphatic rings. The molecule has 1 aromatic carbocycles. The van der Waals surface area contributed by atoms with Gasteiger partial charge in [0.2, 0.25) is 0 Å². The Bertz CT molecular complexity index is 506. The lowest BCUT2D eigenvalue weighted by atomic mass is 10.2. The van der Waals surface area contributed by atoms with Crippen LogP contribution in [0, 0.1) is 0 Å². The van der Waals surface area contributed by atoms with Crippen LogP contribution >= 0.6 is 0 Å². The molecule has 0 saturated carbocycles. The zero-order valence-corrected chi connectivity index (χ0v) is 15.4. The van der Waals surface area contributed by atoms with Crippen LogP contribution in [-0.2, 0) is 20.1 Å². The summed E-state index contributed by atoms with van der Waals surface area (Å²) in [6.07, 6.45) is 4.14. The van der Waals surface area contributed by atoms with Gasteiger partial charge in [0, 0.05) is 0 Å². The van der Waals surface area contributed by atoms with Crippen molar-refractivity contribution in [2.24, 2.45) is 0 Å². The van der Waals surface area contributed by atoms with Crippen LogP contribution in [0.5, 0.6) is 0 Å². The van der Waals surface area contributed by atoms with Crippen molar-refractivity contribution in [3.05, 3.63) is 35.9 Å². The third-order valence-corrected chi connectivity index (χ3v) is 7.21. The van der Waals surface area contributed by atoms with Crippen molar-refractivity contribution in [1.82, 2.24) is 0 Å². The van der Waals surface area contributed by atoms with Crippen LogP contribution < -0.4 is 0 Å². The highest BCUT2D eigenvalue weighted by Gasteiger charge is 2.31. The van der Waals surface area contributed by atoms with Crippen LogP contribution in [0.3, 0.4) is 0 Å². The molecule has 0 aromatic heterocycles. The van der Waals surface area contributed by atoms with Gasteiger partial charge in [0.05, 0.1) is 13.8 Å². The molecule has 21 heavy (non-hydrogen) atoms. The second-order valence-electron chi connectivity index (χ2n) is 6.63. The quantitative estimate of drug-likeness (QED) is 0.384. The van der Waals surface area contributed by atoms with Gasteiger partial charge in [-0.25, -0.2) is 0 Å². The summed E-state index contributed by atoms with van der Waals surface area (Å²) in [7, 11) is -5.18. The van der Waals surface area contributed by atoms with Gasteiger partial charge in [-0.2, -0.15) is 8.42 Å². The van der Waals surface area contributed by atoms with Gasteiger partial charge in [0.1, 0.15) is 5.75 Å². The SMILES string of the molecule is CCCCCC(OS(=O)(=O)Cc1ccccc1)[Si](C)(C)C. The minimum atomic E-state index is -3.52. The van der Waals surface area contributed by atoms with Gasteiger partial charge < -0.3 is 0 Å². The molecular formula is C16H28O3SSi. The average Bonchev–Trinajstić information content (AvgIpc) is 2.37. The van der Waals surface area contributed by atoms with Crippen molar-refractivity contribution >= 4 is 18.2 Å². The summed E-state index contributed by atoms with van der Waals surface area (Å²) >= 11 is 0. The number of hydrogen-bond donors (Lipinski definition) is 0. The van der Waals surface area contributed by atoms with E-state index in [1.54, 1.807) is 0 Å². The Labute approximate surface area is 130 Å². The number of benzene rings is 1. The topological polar surface area (TPSA) is 43.4 Å². The second-order valence-corrected chi connectivity index (χ2v) is 13.6. The number of unbranched alkanes of at least 4 members (excludes halogenated alkanes) is 2. The highest BCUT2D eigenvalue weighted by molar-refractivity contribution is 7.86. The first kappa shape index (κ1) is 18.4. The third-order valence-electron chi connectivity index (χ3n) is 3.48. The molecule has 1 aromatic rings. The van der Waals surface area contributed by atoms with Crippen LogP contribution in [0.15, 0.2) is 30.3 Å². The predicted molar refractivity (Wildman–Crippen MR) is 91.4 cm³/mol. The molecule has 120 valence electrons. The summed E-state index contributed by atoms with van der Waals surface area (Å²) in [5.41, 5.74) is 0.651. The zero-order valence-electron chi connectivity index (χ0n) is 13.6. The zero-order chi connectivity index (χ0) is 15.9. The van der Waals surface area contributed by atoms with Crippen LogP contribution in [0.1, 0.15) is 38.2 Å². The minimum Gasteiger partial charge on any atom is -0.270 e. The predicted octanol–water partition coefficient (Wildman–Crippen LogP) is 4.36. The van der Waals surface area contributed by atoms with Gasteiger partial charge in [0.15, 0.2) is 0 Å². The van der Waals surface area contributed by atoms with E-state index in [1.165, 1.54) is 0 Å². The Kier molecular flexibility index (Phi) is 7.10. The van der Waals surface area contributed by atoms with E-state index < -0.39 is 18.2 Å². The summed E-state index contributed by atoms with van der Waals surface area (Å²) < 4.78 is 30.2. The summed E-state index contributed by atoms with van der Waals surface area (Å²) in [6, 6.07) is 9.22. The Hall–Kier alpha value is -0.653. The van der Waals surface area contributed by atoms with Gasteiger partial charge in [-0.15, -0.1) is 0 Å². The maximum absolute atomic E-state index is 12.3. The molecule has 0 fully saturated rings. The van der Waals surface area contributed by atoms with Gasteiger partial charge in [-0.05, 0) is 12.0 Å². The van der Waals surface area contributed by atoms with E-state index in [9.17, 15) is 8.42 Å². The van der Waals surface area contributed by atoms with Crippen molar-refractivity contribution in [1.29, 1.82) is 0 Å². The molecule has 0 heterocycles. The van der Waals surface area contributed by atoms with Crippen molar-refractivity contribution in [2.75, 3.05) is 0 Å². The van der Waals surface area contributed by atoms with E-state index in [-0.39, 0.29) is 11.5 Å². The van der Waals surface area contributed by atoms with E-state index in [2.05, 4.69) is 26.6 Å². The standard InChI is InChI=1S/C16H28O3SSi/c1-5-6-8-13-16(21(2,3)4)19-20(17,18)14-15-11-9-7-10-12-15/h7,9-12,16H,5-6,8,13-14H2,1-4H3. The molecule has 1 atom stereocenters. The first-order chi connectivity index (χ1) is 9.74. The molecule has 0 aliphatic carbocycles. The van der Waals surface area contributed by atoms with E-state index in [4.69, 9.17) is 4.18 Å². The normalized spacial score (nSPS) is 14.1. The Balaban J connectivity index is 2.72. The van der Waals surface area contributed by atoms with Crippen molar-refractivity contribution < 1.29 is 12.6 Å². The summed E-state index contributed by atoms with van der Waals surface area (Å²) in [4.78, 5) is 0. The van der Waals surface area contributed by atoms with E-state index in [0.29, 0.717) is 0 Å². The molecule has 0 N–H and O–H groups in total. The molecule has 0 bridgehead atoms. The lowest BCUT2D eigenvalue weighted by Gasteiger charge is -2.28. The summed E-state index contributed by atoms with van der Waals surface area (Å²) in [5.74, 6) is -0.0391. The third kappa shape index (κ3) is 7.25. The Morgan fingerprint density at radius 2 is 1.71 bits per heavy atom. The second kappa shape index (κ2) is 8.10. The molecule has 5 heteroatoms. The first-order valence-electron chi connectivity index (χ1n) is 7.69. The summed E-state index contributed by atoms with van der Waals surface area (Å²) in [5, 5.41) is 0. The fourth-order valence-corrected chi connectivity index (χ4v) is 5.98. The Morgan fingerprint density at radius 1 is 1.10 bits per heavy atom. The molecule has 0 amide bonds. The minimum absolute atomic E-state index is 0.0391. The number of rotatable bonds is 9. The number of hydrogen-bond acceptors (Lipinski definition) is 3. The monoisotopic (exact) mass is 328 g/mol. The molecule has 0 spiro atoms. The molecule has 0 radical (unpaired) electrons. The fourth-order valence-electron chi connectivity index (χ4n) is 2.19. The van der Waals surface area contributed by atoms with Crippen molar-refractivity contribution in [2.45, 2.75) is 63.7 Å². The average molecular weight is 329 g/mol. The maximum atomic E-state index is 12.3. The maximum Gasteiger partial charge on any atom is 0.271 e. The first-order valence-corrected chi connectivity index (χ1v) is 12.8. The van der Waals surface area contributed by atoms with Gasteiger partial charge >= 0.3 is 0 Å². The smallest absolute Gasteiger partial charge is 0.270 e. The van der Waals surface area contributed by atoms with Gasteiger partial charge in [-0.3, -0.25) is 4.18 Å². The van der Waals surface area contributed by atoms with E-state index in [1.807, 2.05) is 30.3 Å². The molecule has 0 aliphatic heterocycles. The van der Waals surface area contributed by atoms with Crippen LogP contribution in [0.4, 0.5) is 0 Å². The largest absolute Gasteiger partial charge is 0.271 e. The van der Waals surface area contributed by atoms with Crippen LogP contribution in [-0.4, -0.2) is 22.2 Å². The lowest BCUT2D eigenvalue weighted by molar-refractivity contribution is 0.258. The Morgan fingerprint density at radius 3 is 2.24 bits per heavy atom. The van der Waals surface area contributed by atoms with E-state index in [0.717, 1.165) is 31.2 Å². The molecule has 1 rings (SSSR count). The summed E-state index contributed by atoms with van der Waals surface area (Å²) in [6.45, 7) is 8.65. The highest BCUT2D eigenvalue weighted by Crippen LogP contribution is 2.22. The van der Waals surface area contributed by atoms with Crippen molar-refractivity contribution in [3.63, 3.8) is 0 Å². The van der Waals surface area contributed by atoms with Gasteiger partial charge in [0.25, 0.3) is 10.1 Å². The van der Waals surface area contributed by atoms with Crippen LogP contribution in [0.2, 0.25) is 19.6 Å². The molecular weight excluding hydrogens is 300 g/mol. The lowest BCUT2D eigenvalue weighted by Crippen LogP contribution is -2.41. The van der Waals surface area contributed by atoms with Gasteiger partial charge in [-0.1, -0.05) is 76.2 Å². The molecule has 3 nitrogen and oxygen atoms in total. The fraction of sp³-hybridized carbons (Fsp3) is 0.625. The highest BCUT2D eigenvalue weighted by atomic mass is 32.2. The van der Waals surface area contributed by atoms with Crippen molar-refractivity contribution in [3.8, 4) is 0 Å². The van der Waals surface area contributed by atoms with Crippen LogP contribution in [0.25, 0.3) is 0 Å². The van der Waals surface area contributed by atoms with E-state index >= 15 is 0 Å².